The fraction of sp³-hybridized carbons (Fsp3) is 0.240. The lowest BCUT2D eigenvalue weighted by molar-refractivity contribution is -0.617. The molecular formula is C25H30F2N4O6P+. The Balaban J connectivity index is 1.55. The van der Waals surface area contributed by atoms with Crippen molar-refractivity contribution in [2.24, 2.45) is 5.73 Å². The number of halogens is 2. The molecule has 3 aromatic rings. The number of benzene rings is 2. The molecule has 13 heteroatoms. The number of ether oxygens (including phenoxy) is 1. The van der Waals surface area contributed by atoms with Crippen molar-refractivity contribution in [3.8, 4) is 5.75 Å². The third-order valence-electron chi connectivity index (χ3n) is 5.31. The van der Waals surface area contributed by atoms with E-state index in [4.69, 9.17) is 19.9 Å². The average Bonchev–Trinajstić information content (AvgIpc) is 3.35. The number of hydrogen-bond acceptors (Lipinski definition) is 8. The molecule has 0 aliphatic heterocycles. The summed E-state index contributed by atoms with van der Waals surface area (Å²) in [6, 6.07) is 11.4. The van der Waals surface area contributed by atoms with Crippen molar-refractivity contribution in [1.82, 2.24) is 5.16 Å². The van der Waals surface area contributed by atoms with Gasteiger partial charge in [0, 0.05) is 50.4 Å². The summed E-state index contributed by atoms with van der Waals surface area (Å²) >= 11 is 0. The summed E-state index contributed by atoms with van der Waals surface area (Å²) in [7, 11) is -1.59. The van der Waals surface area contributed by atoms with Crippen LogP contribution in [0.5, 0.6) is 5.75 Å². The molecule has 3 rings (SSSR count). The van der Waals surface area contributed by atoms with Crippen molar-refractivity contribution in [3.05, 3.63) is 95.0 Å². The molecule has 0 amide bonds. The molecule has 0 aliphatic rings. The van der Waals surface area contributed by atoms with Gasteiger partial charge in [-0.25, -0.2) is 17.9 Å². The fourth-order valence-electron chi connectivity index (χ4n) is 3.37. The number of phosphoric ester groups is 1. The van der Waals surface area contributed by atoms with Crippen LogP contribution in [0.3, 0.4) is 0 Å². The van der Waals surface area contributed by atoms with Crippen LogP contribution in [0.15, 0.2) is 65.3 Å². The van der Waals surface area contributed by atoms with E-state index in [2.05, 4.69) is 19.5 Å². The van der Waals surface area contributed by atoms with Gasteiger partial charge in [-0.1, -0.05) is 29.4 Å². The zero-order chi connectivity index (χ0) is 27.5. The van der Waals surface area contributed by atoms with Gasteiger partial charge in [-0.3, -0.25) is 9.84 Å². The monoisotopic (exact) mass is 551 g/mol. The van der Waals surface area contributed by atoms with Gasteiger partial charge in [0.2, 0.25) is 0 Å². The van der Waals surface area contributed by atoms with Gasteiger partial charge in [0.1, 0.15) is 5.82 Å². The number of phosphoric acid groups is 1. The molecule has 38 heavy (non-hydrogen) atoms. The second-order valence-corrected chi connectivity index (χ2v) is 9.52. The number of nitrogens with one attached hydrogen (secondary N) is 1. The summed E-state index contributed by atoms with van der Waals surface area (Å²) in [6.07, 6.45) is 5.61. The minimum absolute atomic E-state index is 0.0429. The molecule has 1 unspecified atom stereocenters. The number of hydrogen-bond donors (Lipinski definition) is 4. The third kappa shape index (κ3) is 8.59. The molecule has 0 radical (unpaired) electrons. The van der Waals surface area contributed by atoms with Gasteiger partial charge in [0.25, 0.3) is 0 Å². The van der Waals surface area contributed by atoms with Crippen LogP contribution in [0.2, 0.25) is 0 Å². The minimum atomic E-state index is -4.00. The lowest BCUT2D eigenvalue weighted by atomic mass is 10.1. The zero-order valence-electron chi connectivity index (χ0n) is 20.9. The smallest absolute Gasteiger partial charge is 0.476 e. The predicted octanol–water partition coefficient (Wildman–Crippen LogP) is 3.30. The molecular weight excluding hydrogens is 521 g/mol. The number of allylic oxidation sites excluding steroid dienone is 2. The van der Waals surface area contributed by atoms with Crippen LogP contribution >= 0.6 is 7.82 Å². The van der Waals surface area contributed by atoms with Crippen LogP contribution < -0.4 is 21.1 Å². The average molecular weight is 552 g/mol. The lowest BCUT2D eigenvalue weighted by Gasteiger charge is -2.12. The summed E-state index contributed by atoms with van der Waals surface area (Å²) < 4.78 is 58.1. The molecule has 0 spiro atoms. The van der Waals surface area contributed by atoms with Crippen molar-refractivity contribution < 1.29 is 41.9 Å². The maximum atomic E-state index is 13.9. The molecule has 0 saturated carbocycles. The Morgan fingerprint density at radius 1 is 1.21 bits per heavy atom. The highest BCUT2D eigenvalue weighted by molar-refractivity contribution is 7.47. The molecule has 204 valence electrons. The van der Waals surface area contributed by atoms with Gasteiger partial charge in [-0.05, 0) is 23.3 Å². The number of quaternary nitrogens is 1. The summed E-state index contributed by atoms with van der Waals surface area (Å²) in [6.45, 7) is 0.469. The molecule has 1 atom stereocenters. The highest BCUT2D eigenvalue weighted by atomic mass is 31.2. The normalized spacial score (nSPS) is 13.6. The van der Waals surface area contributed by atoms with Gasteiger partial charge >= 0.3 is 7.82 Å². The van der Waals surface area contributed by atoms with E-state index in [9.17, 15) is 13.3 Å². The van der Waals surface area contributed by atoms with E-state index >= 15 is 0 Å². The minimum Gasteiger partial charge on any atom is -0.492 e. The maximum Gasteiger partial charge on any atom is 0.476 e. The maximum absolute atomic E-state index is 13.9. The highest BCUT2D eigenvalue weighted by Crippen LogP contribution is 2.40. The number of anilines is 1. The molecule has 10 nitrogen and oxygen atoms in total. The van der Waals surface area contributed by atoms with Crippen molar-refractivity contribution in [2.75, 3.05) is 32.8 Å². The first-order valence-electron chi connectivity index (χ1n) is 11.5. The first-order valence-corrected chi connectivity index (χ1v) is 13.0. The van der Waals surface area contributed by atoms with Crippen LogP contribution in [-0.4, -0.2) is 37.5 Å². The second-order valence-electron chi connectivity index (χ2n) is 7.96. The van der Waals surface area contributed by atoms with Crippen molar-refractivity contribution in [1.29, 1.82) is 0 Å². The lowest BCUT2D eigenvalue weighted by Crippen LogP contribution is -2.78. The topological polar surface area (TPSA) is 146 Å². The first kappa shape index (κ1) is 29.2. The van der Waals surface area contributed by atoms with Gasteiger partial charge in [0.05, 0.1) is 24.7 Å². The van der Waals surface area contributed by atoms with Crippen molar-refractivity contribution in [3.63, 3.8) is 0 Å². The molecule has 0 bridgehead atoms. The molecule has 1 heterocycles. The zero-order valence-corrected chi connectivity index (χ0v) is 21.8. The summed E-state index contributed by atoms with van der Waals surface area (Å²) in [5, 5.41) is 8.66. The Bertz CT molecular complexity index is 1310. The number of nitrogens with two attached hydrogens (primary N) is 2. The Morgan fingerprint density at radius 3 is 2.63 bits per heavy atom. The Morgan fingerprint density at radius 2 is 1.95 bits per heavy atom. The summed E-state index contributed by atoms with van der Waals surface area (Å²) in [5.41, 5.74) is 9.40. The van der Waals surface area contributed by atoms with E-state index in [0.29, 0.717) is 30.0 Å². The quantitative estimate of drug-likeness (QED) is 0.103. The number of rotatable bonds is 14. The van der Waals surface area contributed by atoms with E-state index in [1.807, 2.05) is 24.3 Å². The Labute approximate surface area is 218 Å². The number of nitrogens with zero attached hydrogens (tertiary/aromatic N) is 1. The molecule has 0 aliphatic carbocycles. The highest BCUT2D eigenvalue weighted by Gasteiger charge is 2.18. The largest absolute Gasteiger partial charge is 0.492 e. The summed E-state index contributed by atoms with van der Waals surface area (Å²) in [4.78, 5) is 9.17. The van der Waals surface area contributed by atoms with Crippen LogP contribution in [0.1, 0.15) is 22.6 Å². The molecule has 0 fully saturated rings. The standard InChI is InChI=1S/C25H29F2N4O6P/c1-34-25-22(27)11-20(26)12-23(25)30-15-18-7-5-17(6-8-18)10-21-13-24(37-31-21)19(14-28)4-3-9-29-16-36-38(32,33)35-2/h3-9,11-13,29-30H,10,14-16,28H2,1-2H3,(H,32,33)/p+1/b9-3-,19-4+. The van der Waals surface area contributed by atoms with Crippen LogP contribution in [-0.2, 0) is 26.6 Å². The second kappa shape index (κ2) is 14.0. The number of aromatic nitrogens is 1. The van der Waals surface area contributed by atoms with E-state index in [0.717, 1.165) is 24.3 Å². The third-order valence-corrected chi connectivity index (χ3v) is 6.25. The van der Waals surface area contributed by atoms with Crippen LogP contribution in [0.25, 0.3) is 5.57 Å². The molecule has 2 aromatic carbocycles. The SMILES string of the molecule is COc1c(F)cc(F)cc1NCc1ccc(Cc2cc(/C(=C/C=C\[NH2+]COP(=O)(O)OC)CN)on2)cc1. The van der Waals surface area contributed by atoms with E-state index < -0.39 is 19.5 Å². The predicted molar refractivity (Wildman–Crippen MR) is 137 cm³/mol. The van der Waals surface area contributed by atoms with E-state index in [-0.39, 0.29) is 24.7 Å². The van der Waals surface area contributed by atoms with E-state index in [1.54, 1.807) is 29.7 Å². The van der Waals surface area contributed by atoms with Gasteiger partial charge in [-0.15, -0.1) is 0 Å². The summed E-state index contributed by atoms with van der Waals surface area (Å²) in [5.74, 6) is -0.979. The van der Waals surface area contributed by atoms with Crippen molar-refractivity contribution in [2.45, 2.75) is 13.0 Å². The Kier molecular flexibility index (Phi) is 10.7. The van der Waals surface area contributed by atoms with Crippen LogP contribution in [0.4, 0.5) is 14.5 Å². The van der Waals surface area contributed by atoms with Crippen molar-refractivity contribution >= 4 is 19.1 Å². The van der Waals surface area contributed by atoms with Crippen LogP contribution in [0, 0.1) is 11.6 Å². The van der Waals surface area contributed by atoms with Gasteiger partial charge in [-0.2, -0.15) is 0 Å². The fourth-order valence-corrected chi connectivity index (χ4v) is 3.75. The molecule has 0 saturated heterocycles. The first-order chi connectivity index (χ1) is 18.2. The molecule has 6 N–H and O–H groups in total. The molecule has 1 aromatic heterocycles. The van der Waals surface area contributed by atoms with Gasteiger partial charge < -0.3 is 25.2 Å². The van der Waals surface area contributed by atoms with Gasteiger partial charge in [0.15, 0.2) is 24.1 Å². The van der Waals surface area contributed by atoms with E-state index in [1.165, 1.54) is 13.2 Å². The Hall–Kier alpha value is -3.38. The number of methoxy groups -OCH3 is 1.